The summed E-state index contributed by atoms with van der Waals surface area (Å²) in [5.74, 6) is 0. The number of thiol groups is 2. The summed E-state index contributed by atoms with van der Waals surface area (Å²) in [6, 6.07) is 0. The Kier molecular flexibility index (Phi) is 3.56. The molecule has 2 aliphatic carbocycles. The van der Waals surface area contributed by atoms with Crippen LogP contribution in [0.5, 0.6) is 0 Å². The zero-order chi connectivity index (χ0) is 12.2. The molecule has 0 saturated heterocycles. The normalized spacial score (nSPS) is 36.4. The number of hydrogen-bond acceptors (Lipinski definition) is 6. The fraction of sp³-hybridized carbons (Fsp3) is 0.273. The zero-order valence-corrected chi connectivity index (χ0v) is 13.6. The van der Waals surface area contributed by atoms with E-state index >= 15 is 0 Å². The first-order valence-corrected chi connectivity index (χ1v) is 8.80. The first kappa shape index (κ1) is 12.8. The Balaban J connectivity index is 2.16. The van der Waals surface area contributed by atoms with Crippen LogP contribution in [0.1, 0.15) is 0 Å². The Morgan fingerprint density at radius 3 is 2.59 bits per heavy atom. The number of thioether (sulfide) groups is 2. The van der Waals surface area contributed by atoms with Crippen molar-refractivity contribution in [3.63, 3.8) is 0 Å². The van der Waals surface area contributed by atoms with Gasteiger partial charge in [-0.15, -0.1) is 23.5 Å². The topological polar surface area (TPSA) is 0 Å². The van der Waals surface area contributed by atoms with Crippen LogP contribution in [0.2, 0.25) is 0 Å². The molecular weight excluding hydrogens is 325 g/mol. The highest BCUT2D eigenvalue weighted by molar-refractivity contribution is 8.23. The Hall–Kier alpha value is 0.800. The average Bonchev–Trinajstić information content (AvgIpc) is 2.94. The van der Waals surface area contributed by atoms with E-state index in [-0.39, 0.29) is 10.5 Å². The second-order valence-electron chi connectivity index (χ2n) is 3.82. The second kappa shape index (κ2) is 4.72. The van der Waals surface area contributed by atoms with Gasteiger partial charge in [0, 0.05) is 30.2 Å². The summed E-state index contributed by atoms with van der Waals surface area (Å²) < 4.78 is 0. The first-order valence-electron chi connectivity index (χ1n) is 4.98. The summed E-state index contributed by atoms with van der Waals surface area (Å²) in [4.78, 5) is 4.41. The molecule has 6 heteroatoms. The van der Waals surface area contributed by atoms with Gasteiger partial charge < -0.3 is 0 Å². The molecule has 3 rings (SSSR count). The molecule has 0 nitrogen and oxygen atoms in total. The van der Waals surface area contributed by atoms with Gasteiger partial charge in [0.15, 0.2) is 0 Å². The summed E-state index contributed by atoms with van der Waals surface area (Å²) in [7, 11) is 0. The maximum Gasteiger partial charge on any atom is 0.0695 e. The van der Waals surface area contributed by atoms with Crippen LogP contribution in [-0.4, -0.2) is 25.3 Å². The van der Waals surface area contributed by atoms with Crippen LogP contribution in [0.4, 0.5) is 0 Å². The van der Waals surface area contributed by atoms with E-state index in [2.05, 4.69) is 31.3 Å². The summed E-state index contributed by atoms with van der Waals surface area (Å²) in [5, 5.41) is 1.19. The van der Waals surface area contributed by atoms with Crippen molar-refractivity contribution in [2.24, 2.45) is 0 Å². The largest absolute Gasteiger partial charge is 0.166 e. The Morgan fingerprint density at radius 2 is 1.94 bits per heavy atom. The highest BCUT2D eigenvalue weighted by atomic mass is 32.2. The van der Waals surface area contributed by atoms with Gasteiger partial charge in [0.2, 0.25) is 0 Å². The Morgan fingerprint density at radius 1 is 1.18 bits per heavy atom. The smallest absolute Gasteiger partial charge is 0.0695 e. The molecule has 1 aliphatic heterocycles. The van der Waals surface area contributed by atoms with Gasteiger partial charge in [0.05, 0.1) is 10.5 Å². The van der Waals surface area contributed by atoms with Crippen molar-refractivity contribution >= 4 is 82.9 Å². The fourth-order valence-electron chi connectivity index (χ4n) is 2.03. The molecular formula is C11H8S6. The molecule has 0 fully saturated rings. The van der Waals surface area contributed by atoms with E-state index in [1.807, 2.05) is 29.6 Å². The van der Waals surface area contributed by atoms with Crippen LogP contribution >= 0.6 is 73.2 Å². The Labute approximate surface area is 131 Å². The lowest BCUT2D eigenvalue weighted by Crippen LogP contribution is -2.13. The highest BCUT2D eigenvalue weighted by Gasteiger charge is 2.38. The van der Waals surface area contributed by atoms with Crippen molar-refractivity contribution in [2.75, 3.05) is 5.08 Å². The van der Waals surface area contributed by atoms with Crippen LogP contribution in [-0.2, 0) is 0 Å². The predicted molar refractivity (Wildman–Crippen MR) is 94.0 cm³/mol. The molecule has 0 spiro atoms. The summed E-state index contributed by atoms with van der Waals surface area (Å²) in [6.45, 7) is 0. The molecule has 0 aromatic heterocycles. The molecule has 0 N–H and O–H groups in total. The van der Waals surface area contributed by atoms with Gasteiger partial charge in [0.1, 0.15) is 0 Å². The van der Waals surface area contributed by atoms with Gasteiger partial charge in [0.25, 0.3) is 0 Å². The highest BCUT2D eigenvalue weighted by Crippen LogP contribution is 2.53. The van der Waals surface area contributed by atoms with Crippen molar-refractivity contribution in [3.8, 4) is 0 Å². The van der Waals surface area contributed by atoms with E-state index in [1.54, 1.807) is 0 Å². The fourth-order valence-corrected chi connectivity index (χ4v) is 6.25. The molecule has 0 radical (unpaired) electrons. The van der Waals surface area contributed by atoms with Crippen LogP contribution in [0.3, 0.4) is 0 Å². The molecule has 2 atom stereocenters. The maximum atomic E-state index is 5.52. The molecule has 1 heterocycles. The molecule has 0 aromatic rings. The van der Waals surface area contributed by atoms with Crippen LogP contribution in [0.15, 0.2) is 33.1 Å². The van der Waals surface area contributed by atoms with Crippen molar-refractivity contribution in [1.82, 2.24) is 0 Å². The van der Waals surface area contributed by atoms with Gasteiger partial charge in [-0.2, -0.15) is 25.3 Å². The van der Waals surface area contributed by atoms with Crippen molar-refractivity contribution in [2.45, 2.75) is 10.5 Å². The van der Waals surface area contributed by atoms with Crippen LogP contribution < -0.4 is 0 Å². The lowest BCUT2D eigenvalue weighted by molar-refractivity contribution is 1.58. The van der Waals surface area contributed by atoms with E-state index in [0.29, 0.717) is 0 Å². The van der Waals surface area contributed by atoms with Gasteiger partial charge in [-0.1, -0.05) is 36.6 Å². The van der Waals surface area contributed by atoms with Crippen molar-refractivity contribution < 1.29 is 0 Å². The average molecular weight is 333 g/mol. The summed E-state index contributed by atoms with van der Waals surface area (Å²) >= 11 is 23.7. The minimum atomic E-state index is 0.0531. The minimum Gasteiger partial charge on any atom is -0.166 e. The molecule has 88 valence electrons. The van der Waals surface area contributed by atoms with Gasteiger partial charge in [-0.05, 0) is 5.57 Å². The van der Waals surface area contributed by atoms with Gasteiger partial charge in [-0.25, -0.2) is 0 Å². The number of hydrogen-bond donors (Lipinski definition) is 2. The summed E-state index contributed by atoms with van der Waals surface area (Å²) in [6.07, 6.45) is 4.08. The van der Waals surface area contributed by atoms with E-state index < -0.39 is 0 Å². The molecule has 2 unspecified atom stereocenters. The second-order valence-corrected chi connectivity index (χ2v) is 8.14. The SMILES string of the molecule is S=C1C(=C2C(=S)C(S)C3=C2SCS3)C=CC1S. The van der Waals surface area contributed by atoms with E-state index in [9.17, 15) is 0 Å². The zero-order valence-electron chi connectivity index (χ0n) is 8.54. The van der Waals surface area contributed by atoms with Crippen LogP contribution in [0.25, 0.3) is 0 Å². The number of thiocarbonyl (C=S) groups is 2. The van der Waals surface area contributed by atoms with E-state index in [4.69, 9.17) is 24.4 Å². The van der Waals surface area contributed by atoms with Crippen molar-refractivity contribution in [3.05, 3.63) is 33.1 Å². The molecule has 17 heavy (non-hydrogen) atoms. The van der Waals surface area contributed by atoms with E-state index in [0.717, 1.165) is 26.0 Å². The quantitative estimate of drug-likeness (QED) is 0.393. The minimum absolute atomic E-state index is 0.0531. The molecule has 0 amide bonds. The molecule has 0 aromatic carbocycles. The lowest BCUT2D eigenvalue weighted by Gasteiger charge is -2.11. The maximum absolute atomic E-state index is 5.52. The predicted octanol–water partition coefficient (Wildman–Crippen LogP) is 3.85. The Bertz CT molecular complexity index is 524. The number of allylic oxidation sites excluding steroid dienone is 3. The van der Waals surface area contributed by atoms with Gasteiger partial charge >= 0.3 is 0 Å². The molecule has 0 bridgehead atoms. The van der Waals surface area contributed by atoms with Gasteiger partial charge in [-0.3, -0.25) is 0 Å². The molecule has 0 saturated carbocycles. The lowest BCUT2D eigenvalue weighted by atomic mass is 10.1. The van der Waals surface area contributed by atoms with Crippen molar-refractivity contribution in [1.29, 1.82) is 0 Å². The van der Waals surface area contributed by atoms with Crippen LogP contribution in [0, 0.1) is 0 Å². The monoisotopic (exact) mass is 332 g/mol. The first-order chi connectivity index (χ1) is 8.11. The third-order valence-corrected chi connectivity index (χ3v) is 7.78. The summed E-state index contributed by atoms with van der Waals surface area (Å²) in [5.41, 5.74) is 2.23. The third-order valence-electron chi connectivity index (χ3n) is 2.86. The molecule has 3 aliphatic rings. The number of rotatable bonds is 0. The van der Waals surface area contributed by atoms with E-state index in [1.165, 1.54) is 9.81 Å². The standard InChI is InChI=1S/C11H8S6/c12-5-2-1-4(7(5)13)6-8(14)9(15)11-10(6)16-3-17-11/h1-2,5,9,12,15H,3H2. The third kappa shape index (κ3) is 1.92.